The summed E-state index contributed by atoms with van der Waals surface area (Å²) in [5.74, 6) is 0.913. The van der Waals surface area contributed by atoms with E-state index in [1.54, 1.807) is 0 Å². The van der Waals surface area contributed by atoms with Gasteiger partial charge in [-0.2, -0.15) is 5.10 Å². The van der Waals surface area contributed by atoms with E-state index in [0.29, 0.717) is 6.61 Å². The lowest BCUT2D eigenvalue weighted by Gasteiger charge is -2.20. The predicted octanol–water partition coefficient (Wildman–Crippen LogP) is 4.77. The van der Waals surface area contributed by atoms with E-state index in [-0.39, 0.29) is 6.04 Å². The molecule has 5 heteroatoms. The smallest absolute Gasteiger partial charge is 0.138 e. The van der Waals surface area contributed by atoms with Gasteiger partial charge in [-0.15, -0.1) is 0 Å². The van der Waals surface area contributed by atoms with Gasteiger partial charge < -0.3 is 4.74 Å². The molecule has 108 valence electrons. The Labute approximate surface area is 138 Å². The molecule has 20 heavy (non-hydrogen) atoms. The van der Waals surface area contributed by atoms with Crippen LogP contribution in [0.3, 0.4) is 0 Å². The zero-order valence-electron chi connectivity index (χ0n) is 12.1. The SMILES string of the molecule is CCOc1c(C(C)n2ccc(C)n2)cc(Cl)c(C)c1I. The van der Waals surface area contributed by atoms with Crippen molar-refractivity contribution in [2.75, 3.05) is 6.61 Å². The Morgan fingerprint density at radius 1 is 1.45 bits per heavy atom. The number of hydrogen-bond acceptors (Lipinski definition) is 2. The van der Waals surface area contributed by atoms with E-state index >= 15 is 0 Å². The molecule has 1 atom stereocenters. The van der Waals surface area contributed by atoms with Crippen LogP contribution in [0.1, 0.15) is 36.7 Å². The standard InChI is InChI=1S/C15H18ClIN2O/c1-5-20-15-12(8-13(16)10(3)14(15)17)11(4)19-7-6-9(2)18-19/h6-8,11H,5H2,1-4H3. The second-order valence-corrected chi connectivity index (χ2v) is 6.25. The van der Waals surface area contributed by atoms with Crippen LogP contribution in [-0.2, 0) is 0 Å². The van der Waals surface area contributed by atoms with Gasteiger partial charge in [-0.05, 0) is 68.0 Å². The molecule has 0 aliphatic carbocycles. The van der Waals surface area contributed by atoms with Gasteiger partial charge in [0.05, 0.1) is 21.9 Å². The molecule has 0 spiro atoms. The van der Waals surface area contributed by atoms with Crippen molar-refractivity contribution in [1.29, 1.82) is 0 Å². The first kappa shape index (κ1) is 15.6. The van der Waals surface area contributed by atoms with E-state index in [1.165, 1.54) is 0 Å². The monoisotopic (exact) mass is 404 g/mol. The van der Waals surface area contributed by atoms with E-state index < -0.39 is 0 Å². The maximum atomic E-state index is 6.34. The summed E-state index contributed by atoms with van der Waals surface area (Å²) in [5, 5.41) is 5.25. The number of aromatic nitrogens is 2. The van der Waals surface area contributed by atoms with Crippen LogP contribution in [-0.4, -0.2) is 16.4 Å². The molecule has 0 saturated carbocycles. The van der Waals surface area contributed by atoms with Crippen molar-refractivity contribution in [3.8, 4) is 5.75 Å². The van der Waals surface area contributed by atoms with E-state index in [1.807, 2.05) is 43.8 Å². The fraction of sp³-hybridized carbons (Fsp3) is 0.400. The van der Waals surface area contributed by atoms with Crippen LogP contribution in [0.25, 0.3) is 0 Å². The van der Waals surface area contributed by atoms with Crippen molar-refractivity contribution in [2.45, 2.75) is 33.7 Å². The number of rotatable bonds is 4. The minimum Gasteiger partial charge on any atom is -0.492 e. The van der Waals surface area contributed by atoms with E-state index in [2.05, 4.69) is 34.6 Å². The van der Waals surface area contributed by atoms with Gasteiger partial charge in [0.15, 0.2) is 0 Å². The lowest BCUT2D eigenvalue weighted by atomic mass is 10.0. The van der Waals surface area contributed by atoms with Crippen molar-refractivity contribution in [3.63, 3.8) is 0 Å². The molecule has 2 aromatic rings. The van der Waals surface area contributed by atoms with Crippen LogP contribution in [0.15, 0.2) is 18.3 Å². The van der Waals surface area contributed by atoms with Gasteiger partial charge in [0, 0.05) is 16.8 Å². The number of benzene rings is 1. The molecule has 0 bridgehead atoms. The average Bonchev–Trinajstić information content (AvgIpc) is 2.85. The maximum absolute atomic E-state index is 6.34. The fourth-order valence-corrected chi connectivity index (χ4v) is 3.23. The maximum Gasteiger partial charge on any atom is 0.138 e. The van der Waals surface area contributed by atoms with Crippen LogP contribution in [0, 0.1) is 17.4 Å². The molecule has 0 radical (unpaired) electrons. The highest BCUT2D eigenvalue weighted by atomic mass is 127. The summed E-state index contributed by atoms with van der Waals surface area (Å²) >= 11 is 8.64. The predicted molar refractivity (Wildman–Crippen MR) is 90.9 cm³/mol. The third-order valence-corrected chi connectivity index (χ3v) is 5.00. The minimum absolute atomic E-state index is 0.0804. The second kappa shape index (κ2) is 6.35. The molecule has 3 nitrogen and oxygen atoms in total. The molecule has 1 aromatic heterocycles. The van der Waals surface area contributed by atoms with Crippen molar-refractivity contribution >= 4 is 34.2 Å². The molecule has 0 fully saturated rings. The van der Waals surface area contributed by atoms with Gasteiger partial charge in [0.25, 0.3) is 0 Å². The highest BCUT2D eigenvalue weighted by molar-refractivity contribution is 14.1. The first-order chi connectivity index (χ1) is 9.45. The third kappa shape index (κ3) is 2.96. The first-order valence-corrected chi connectivity index (χ1v) is 8.04. The molecule has 1 aromatic carbocycles. The van der Waals surface area contributed by atoms with Crippen LogP contribution in [0.4, 0.5) is 0 Å². The summed E-state index contributed by atoms with van der Waals surface area (Å²) in [7, 11) is 0. The van der Waals surface area contributed by atoms with Crippen molar-refractivity contribution in [1.82, 2.24) is 9.78 Å². The van der Waals surface area contributed by atoms with Crippen molar-refractivity contribution in [3.05, 3.63) is 43.7 Å². The summed E-state index contributed by atoms with van der Waals surface area (Å²) in [6.07, 6.45) is 1.98. The van der Waals surface area contributed by atoms with Gasteiger partial charge in [0.2, 0.25) is 0 Å². The average molecular weight is 405 g/mol. The molecule has 0 saturated heterocycles. The number of halogens is 2. The molecular formula is C15H18ClIN2O. The van der Waals surface area contributed by atoms with Gasteiger partial charge >= 0.3 is 0 Å². The Morgan fingerprint density at radius 2 is 2.15 bits per heavy atom. The van der Waals surface area contributed by atoms with Crippen LogP contribution >= 0.6 is 34.2 Å². The van der Waals surface area contributed by atoms with E-state index in [9.17, 15) is 0 Å². The Balaban J connectivity index is 2.54. The topological polar surface area (TPSA) is 27.1 Å². The van der Waals surface area contributed by atoms with Gasteiger partial charge in [-0.1, -0.05) is 11.6 Å². The molecule has 1 unspecified atom stereocenters. The van der Waals surface area contributed by atoms with E-state index in [0.717, 1.165) is 31.2 Å². The molecule has 2 rings (SSSR count). The second-order valence-electron chi connectivity index (χ2n) is 4.76. The summed E-state index contributed by atoms with van der Waals surface area (Å²) < 4.78 is 8.86. The third-order valence-electron chi connectivity index (χ3n) is 3.31. The normalized spacial score (nSPS) is 12.5. The molecule has 0 amide bonds. The molecule has 1 heterocycles. The largest absolute Gasteiger partial charge is 0.492 e. The summed E-state index contributed by atoms with van der Waals surface area (Å²) in [4.78, 5) is 0. The van der Waals surface area contributed by atoms with Gasteiger partial charge in [-0.25, -0.2) is 0 Å². The Hall–Kier alpha value is -0.750. The summed E-state index contributed by atoms with van der Waals surface area (Å²) in [6, 6.07) is 4.07. The van der Waals surface area contributed by atoms with Gasteiger partial charge in [-0.3, -0.25) is 4.68 Å². The highest BCUT2D eigenvalue weighted by Crippen LogP contribution is 2.37. The lowest BCUT2D eigenvalue weighted by Crippen LogP contribution is -2.11. The molecular weight excluding hydrogens is 387 g/mol. The van der Waals surface area contributed by atoms with E-state index in [4.69, 9.17) is 16.3 Å². The summed E-state index contributed by atoms with van der Waals surface area (Å²) in [5.41, 5.74) is 3.13. The fourth-order valence-electron chi connectivity index (χ4n) is 2.10. The van der Waals surface area contributed by atoms with Crippen LogP contribution in [0.2, 0.25) is 5.02 Å². The van der Waals surface area contributed by atoms with Crippen molar-refractivity contribution in [2.24, 2.45) is 0 Å². The number of nitrogens with zero attached hydrogens (tertiary/aromatic N) is 2. The Bertz CT molecular complexity index is 625. The van der Waals surface area contributed by atoms with Crippen molar-refractivity contribution < 1.29 is 4.74 Å². The zero-order chi connectivity index (χ0) is 14.9. The first-order valence-electron chi connectivity index (χ1n) is 6.58. The zero-order valence-corrected chi connectivity index (χ0v) is 15.0. The number of hydrogen-bond donors (Lipinski definition) is 0. The number of aryl methyl sites for hydroxylation is 1. The Kier molecular flexibility index (Phi) is 4.96. The summed E-state index contributed by atoms with van der Waals surface area (Å²) in [6.45, 7) is 8.73. The lowest BCUT2D eigenvalue weighted by molar-refractivity contribution is 0.329. The Morgan fingerprint density at radius 3 is 2.70 bits per heavy atom. The highest BCUT2D eigenvalue weighted by Gasteiger charge is 2.20. The molecule has 0 aliphatic heterocycles. The van der Waals surface area contributed by atoms with Gasteiger partial charge in [0.1, 0.15) is 5.75 Å². The van der Waals surface area contributed by atoms with Crippen LogP contribution in [0.5, 0.6) is 5.75 Å². The van der Waals surface area contributed by atoms with Crippen LogP contribution < -0.4 is 4.74 Å². The quantitative estimate of drug-likeness (QED) is 0.687. The number of ether oxygens (including phenoxy) is 1. The minimum atomic E-state index is 0.0804. The molecule has 0 N–H and O–H groups in total. The molecule has 0 aliphatic rings.